The van der Waals surface area contributed by atoms with Gasteiger partial charge in [0.15, 0.2) is 6.61 Å². The molecule has 1 amide bonds. The zero-order valence-corrected chi connectivity index (χ0v) is 13.7. The third-order valence-corrected chi connectivity index (χ3v) is 4.75. The highest BCUT2D eigenvalue weighted by Crippen LogP contribution is 2.64. The monoisotopic (exact) mass is 379 g/mol. The third-order valence-electron chi connectivity index (χ3n) is 3.15. The Morgan fingerprint density at radius 3 is 2.65 bits per heavy atom. The van der Waals surface area contributed by atoms with Gasteiger partial charge in [-0.1, -0.05) is 22.0 Å². The van der Waals surface area contributed by atoms with Gasteiger partial charge >= 0.3 is 5.97 Å². The molecule has 1 atom stereocenters. The van der Waals surface area contributed by atoms with Crippen molar-refractivity contribution in [3.8, 4) is 0 Å². The minimum Gasteiger partial charge on any atom is -0.455 e. The normalized spacial score (nSPS) is 23.0. The molecule has 108 valence electrons. The summed E-state index contributed by atoms with van der Waals surface area (Å²) in [5.74, 6) is -0.984. The molecule has 0 heterocycles. The number of rotatable bonds is 4. The molecule has 0 saturated heterocycles. The molecular formula is C13H12BrCl2NO3. The largest absolute Gasteiger partial charge is 0.455 e. The minimum atomic E-state index is -1.09. The number of hydrogen-bond acceptors (Lipinski definition) is 3. The number of carbonyl (C=O) groups excluding carboxylic acids is 2. The fourth-order valence-corrected chi connectivity index (χ4v) is 2.76. The number of hydrogen-bond donors (Lipinski definition) is 1. The number of ether oxygens (including phenoxy) is 1. The highest BCUT2D eigenvalue weighted by molar-refractivity contribution is 9.10. The Kier molecular flexibility index (Phi) is 4.33. The van der Waals surface area contributed by atoms with Crippen molar-refractivity contribution in [3.05, 3.63) is 28.7 Å². The number of anilines is 1. The minimum absolute atomic E-state index is 0.329. The molecule has 1 aromatic carbocycles. The van der Waals surface area contributed by atoms with Gasteiger partial charge in [0.25, 0.3) is 5.91 Å². The van der Waals surface area contributed by atoms with Gasteiger partial charge in [0.1, 0.15) is 9.75 Å². The van der Waals surface area contributed by atoms with Crippen LogP contribution in [0.5, 0.6) is 0 Å². The topological polar surface area (TPSA) is 55.4 Å². The summed E-state index contributed by atoms with van der Waals surface area (Å²) in [6.45, 7) is 1.24. The van der Waals surface area contributed by atoms with E-state index >= 15 is 0 Å². The van der Waals surface area contributed by atoms with Crippen LogP contribution in [-0.4, -0.2) is 22.8 Å². The van der Waals surface area contributed by atoms with E-state index in [2.05, 4.69) is 21.2 Å². The van der Waals surface area contributed by atoms with Crippen LogP contribution in [0.4, 0.5) is 5.69 Å². The molecule has 4 nitrogen and oxygen atoms in total. The van der Waals surface area contributed by atoms with E-state index in [1.165, 1.54) is 0 Å². The molecule has 20 heavy (non-hydrogen) atoms. The van der Waals surface area contributed by atoms with E-state index in [0.29, 0.717) is 12.1 Å². The van der Waals surface area contributed by atoms with Crippen LogP contribution < -0.4 is 5.32 Å². The van der Waals surface area contributed by atoms with Gasteiger partial charge in [-0.05, 0) is 25.1 Å². The van der Waals surface area contributed by atoms with E-state index in [0.717, 1.165) is 4.47 Å². The Hall–Kier alpha value is -0.780. The molecular weight excluding hydrogens is 369 g/mol. The summed E-state index contributed by atoms with van der Waals surface area (Å²) in [4.78, 5) is 23.4. The quantitative estimate of drug-likeness (QED) is 0.642. The van der Waals surface area contributed by atoms with Crippen molar-refractivity contribution in [2.45, 2.75) is 17.7 Å². The summed E-state index contributed by atoms with van der Waals surface area (Å²) in [6, 6.07) is 7.09. The second kappa shape index (κ2) is 5.54. The summed E-state index contributed by atoms with van der Waals surface area (Å²) in [7, 11) is 0. The van der Waals surface area contributed by atoms with Crippen LogP contribution >= 0.6 is 39.1 Å². The van der Waals surface area contributed by atoms with Crippen LogP contribution in [0, 0.1) is 5.41 Å². The van der Waals surface area contributed by atoms with E-state index in [1.54, 1.807) is 25.1 Å². The third kappa shape index (κ3) is 3.27. The zero-order valence-electron chi connectivity index (χ0n) is 10.6. The van der Waals surface area contributed by atoms with Crippen molar-refractivity contribution >= 4 is 56.7 Å². The smallest absolute Gasteiger partial charge is 0.315 e. The highest BCUT2D eigenvalue weighted by Gasteiger charge is 2.69. The highest BCUT2D eigenvalue weighted by atomic mass is 79.9. The van der Waals surface area contributed by atoms with E-state index in [1.807, 2.05) is 6.07 Å². The predicted octanol–water partition coefficient (Wildman–Crippen LogP) is 3.51. The van der Waals surface area contributed by atoms with E-state index in [-0.39, 0.29) is 6.61 Å². The van der Waals surface area contributed by atoms with Gasteiger partial charge in [-0.2, -0.15) is 0 Å². The number of halogens is 3. The number of esters is 1. The van der Waals surface area contributed by atoms with Crippen molar-refractivity contribution in [1.82, 2.24) is 0 Å². The molecule has 1 aliphatic rings. The molecule has 1 aromatic rings. The number of carbonyl (C=O) groups is 2. The first kappa shape index (κ1) is 15.6. The first-order valence-electron chi connectivity index (χ1n) is 5.85. The Morgan fingerprint density at radius 2 is 2.10 bits per heavy atom. The lowest BCUT2D eigenvalue weighted by molar-refractivity contribution is -0.152. The molecule has 1 fully saturated rings. The van der Waals surface area contributed by atoms with Crippen molar-refractivity contribution in [1.29, 1.82) is 0 Å². The SMILES string of the molecule is C[C@]1(C(=O)OCC(=O)Nc2cccc(Br)c2)CC1(Cl)Cl. The molecule has 7 heteroatoms. The maximum absolute atomic E-state index is 11.8. The summed E-state index contributed by atoms with van der Waals surface area (Å²) >= 11 is 15.0. The van der Waals surface area contributed by atoms with E-state index in [9.17, 15) is 9.59 Å². The van der Waals surface area contributed by atoms with E-state index < -0.39 is 21.6 Å². The first-order valence-corrected chi connectivity index (χ1v) is 7.40. The van der Waals surface area contributed by atoms with Crippen LogP contribution in [0.1, 0.15) is 13.3 Å². The Balaban J connectivity index is 1.83. The Labute approximate surface area is 134 Å². The predicted molar refractivity (Wildman–Crippen MR) is 80.9 cm³/mol. The van der Waals surface area contributed by atoms with Gasteiger partial charge in [-0.25, -0.2) is 0 Å². The molecule has 1 N–H and O–H groups in total. The van der Waals surface area contributed by atoms with Gasteiger partial charge in [-0.15, -0.1) is 23.2 Å². The Bertz CT molecular complexity index is 564. The molecule has 0 radical (unpaired) electrons. The van der Waals surface area contributed by atoms with Gasteiger partial charge in [0.2, 0.25) is 0 Å². The van der Waals surface area contributed by atoms with Gasteiger partial charge < -0.3 is 10.1 Å². The van der Waals surface area contributed by atoms with Gasteiger partial charge in [-0.3, -0.25) is 9.59 Å². The summed E-state index contributed by atoms with van der Waals surface area (Å²) < 4.78 is 4.68. The molecule has 0 unspecified atom stereocenters. The fourth-order valence-electron chi connectivity index (χ4n) is 1.68. The average Bonchev–Trinajstić information content (AvgIpc) is 2.87. The molecule has 2 rings (SSSR count). The van der Waals surface area contributed by atoms with Crippen molar-refractivity contribution in [3.63, 3.8) is 0 Å². The Morgan fingerprint density at radius 1 is 1.45 bits per heavy atom. The lowest BCUT2D eigenvalue weighted by Gasteiger charge is -2.11. The average molecular weight is 381 g/mol. The molecule has 1 saturated carbocycles. The van der Waals surface area contributed by atoms with Crippen LogP contribution in [0.25, 0.3) is 0 Å². The van der Waals surface area contributed by atoms with E-state index in [4.69, 9.17) is 27.9 Å². The maximum Gasteiger partial charge on any atom is 0.315 e. The summed E-state index contributed by atoms with van der Waals surface area (Å²) in [6.07, 6.45) is 0.329. The molecule has 0 bridgehead atoms. The second-order valence-electron chi connectivity index (χ2n) is 4.85. The van der Waals surface area contributed by atoms with Crippen molar-refractivity contribution in [2.24, 2.45) is 5.41 Å². The summed E-state index contributed by atoms with van der Waals surface area (Å²) in [5, 5.41) is 2.62. The summed E-state index contributed by atoms with van der Waals surface area (Å²) in [5.41, 5.74) is -0.311. The van der Waals surface area contributed by atoms with Crippen LogP contribution in [0.15, 0.2) is 28.7 Å². The van der Waals surface area contributed by atoms with Crippen LogP contribution in [-0.2, 0) is 14.3 Å². The zero-order chi connectivity index (χ0) is 15.0. The molecule has 0 aromatic heterocycles. The standard InChI is InChI=1S/C13H12BrCl2NO3/c1-12(7-13(12,15)16)11(19)20-6-10(18)17-9-4-2-3-8(14)5-9/h2-5H,6-7H2,1H3,(H,17,18)/t12-/m1/s1. The maximum atomic E-state index is 11.8. The van der Waals surface area contributed by atoms with Gasteiger partial charge in [0.05, 0.1) is 0 Å². The van der Waals surface area contributed by atoms with Crippen molar-refractivity contribution < 1.29 is 14.3 Å². The number of benzene rings is 1. The molecule has 0 aliphatic heterocycles. The second-order valence-corrected chi connectivity index (χ2v) is 7.25. The number of nitrogens with one attached hydrogen (secondary N) is 1. The van der Waals surface area contributed by atoms with Crippen LogP contribution in [0.3, 0.4) is 0 Å². The fraction of sp³-hybridized carbons (Fsp3) is 0.385. The lowest BCUT2D eigenvalue weighted by atomic mass is 10.1. The number of amides is 1. The first-order chi connectivity index (χ1) is 9.24. The van der Waals surface area contributed by atoms with Gasteiger partial charge in [0, 0.05) is 16.6 Å². The van der Waals surface area contributed by atoms with Crippen LogP contribution in [0.2, 0.25) is 0 Å². The molecule has 1 aliphatic carbocycles. The lowest BCUT2D eigenvalue weighted by Crippen LogP contribution is -2.26. The molecule has 0 spiro atoms. The van der Waals surface area contributed by atoms with Crippen molar-refractivity contribution in [2.75, 3.05) is 11.9 Å². The number of alkyl halides is 2.